The van der Waals surface area contributed by atoms with Crippen molar-refractivity contribution >= 4 is 0 Å². The molecule has 0 amide bonds. The molecule has 0 unspecified atom stereocenters. The second-order valence-electron chi connectivity index (χ2n) is 14.4. The highest BCUT2D eigenvalue weighted by Crippen LogP contribution is 2.41. The average Bonchev–Trinajstić information content (AvgIpc) is 3.53. The highest BCUT2D eigenvalue weighted by molar-refractivity contribution is 5.16. The Labute approximate surface area is 318 Å². The Morgan fingerprint density at radius 3 is 1.50 bits per heavy atom. The molecule has 288 valence electrons. The van der Waals surface area contributed by atoms with E-state index in [1.165, 1.54) is 0 Å². The molecule has 3 heterocycles. The van der Waals surface area contributed by atoms with Crippen LogP contribution in [0.3, 0.4) is 0 Å². The van der Waals surface area contributed by atoms with Gasteiger partial charge in [-0.1, -0.05) is 121 Å². The van der Waals surface area contributed by atoms with Crippen LogP contribution in [0.1, 0.15) is 43.0 Å². The number of hydrogen-bond acceptors (Lipinski definition) is 10. The van der Waals surface area contributed by atoms with Crippen molar-refractivity contribution in [2.24, 2.45) is 0 Å². The summed E-state index contributed by atoms with van der Waals surface area (Å²) in [5.41, 5.74) is 4.09. The molecule has 0 saturated carbocycles. The van der Waals surface area contributed by atoms with Gasteiger partial charge in [-0.3, -0.25) is 0 Å². The minimum atomic E-state index is -0.931. The van der Waals surface area contributed by atoms with E-state index in [0.717, 1.165) is 22.3 Å². The molecule has 0 aliphatic carbocycles. The lowest BCUT2D eigenvalue weighted by Gasteiger charge is -2.48. The molecule has 0 bridgehead atoms. The van der Waals surface area contributed by atoms with Gasteiger partial charge in [0.2, 0.25) is 0 Å². The van der Waals surface area contributed by atoms with Crippen LogP contribution in [0.5, 0.6) is 0 Å². The zero-order valence-electron chi connectivity index (χ0n) is 31.4. The van der Waals surface area contributed by atoms with E-state index in [9.17, 15) is 0 Å². The first-order valence-corrected chi connectivity index (χ1v) is 18.8. The molecule has 10 nitrogen and oxygen atoms in total. The monoisotopic (exact) mass is 740 g/mol. The van der Waals surface area contributed by atoms with Gasteiger partial charge in [0.15, 0.2) is 18.4 Å². The molecule has 10 heteroatoms. The Hall–Kier alpha value is -3.52. The quantitative estimate of drug-likeness (QED) is 0.120. The number of fused-ring (bicyclic) bond motifs is 1. The first-order valence-electron chi connectivity index (χ1n) is 18.8. The summed E-state index contributed by atoms with van der Waals surface area (Å²) in [6, 6.07) is 40.2. The van der Waals surface area contributed by atoms with Gasteiger partial charge in [-0.2, -0.15) is 0 Å². The van der Waals surface area contributed by atoms with Crippen molar-refractivity contribution in [2.75, 3.05) is 13.7 Å². The summed E-state index contributed by atoms with van der Waals surface area (Å²) in [7, 11) is 1.60. The second-order valence-corrected chi connectivity index (χ2v) is 14.4. The maximum Gasteiger partial charge on any atom is 0.187 e. The molecule has 7 rings (SSSR count). The molecule has 54 heavy (non-hydrogen) atoms. The fraction of sp³-hybridized carbons (Fsp3) is 0.455. The van der Waals surface area contributed by atoms with Gasteiger partial charge in [0.1, 0.15) is 42.7 Å². The minimum Gasteiger partial charge on any atom is -0.374 e. The first-order chi connectivity index (χ1) is 26.4. The lowest BCUT2D eigenvalue weighted by atomic mass is 9.96. The van der Waals surface area contributed by atoms with Crippen molar-refractivity contribution in [3.05, 3.63) is 144 Å². The molecule has 3 fully saturated rings. The van der Waals surface area contributed by atoms with Gasteiger partial charge >= 0.3 is 0 Å². The van der Waals surface area contributed by atoms with Gasteiger partial charge < -0.3 is 47.4 Å². The van der Waals surface area contributed by atoms with Crippen LogP contribution >= 0.6 is 0 Å². The van der Waals surface area contributed by atoms with Gasteiger partial charge in [-0.05, 0) is 43.0 Å². The van der Waals surface area contributed by atoms with Crippen LogP contribution in [0.2, 0.25) is 0 Å². The summed E-state index contributed by atoms with van der Waals surface area (Å²) in [6.07, 6.45) is -6.18. The predicted molar refractivity (Wildman–Crippen MR) is 200 cm³/mol. The van der Waals surface area contributed by atoms with Crippen molar-refractivity contribution in [3.8, 4) is 0 Å². The summed E-state index contributed by atoms with van der Waals surface area (Å²) >= 11 is 0. The molecule has 3 aliphatic rings. The zero-order chi connectivity index (χ0) is 37.3. The van der Waals surface area contributed by atoms with E-state index in [4.69, 9.17) is 47.4 Å². The van der Waals surface area contributed by atoms with E-state index in [0.29, 0.717) is 26.4 Å². The molecule has 0 spiro atoms. The minimum absolute atomic E-state index is 0.214. The van der Waals surface area contributed by atoms with Crippen LogP contribution in [0.25, 0.3) is 0 Å². The Morgan fingerprint density at radius 2 is 0.981 bits per heavy atom. The lowest BCUT2D eigenvalue weighted by Crippen LogP contribution is -2.64. The normalized spacial score (nSPS) is 30.5. The van der Waals surface area contributed by atoms with Crippen LogP contribution in [-0.2, 0) is 73.8 Å². The highest BCUT2D eigenvalue weighted by Gasteiger charge is 2.57. The summed E-state index contributed by atoms with van der Waals surface area (Å²) < 4.78 is 65.6. The third-order valence-electron chi connectivity index (χ3n) is 9.93. The van der Waals surface area contributed by atoms with Gasteiger partial charge in [0.25, 0.3) is 0 Å². The molecule has 0 N–H and O–H groups in total. The molecule has 4 aromatic rings. The van der Waals surface area contributed by atoms with Crippen LogP contribution in [0.4, 0.5) is 0 Å². The van der Waals surface area contributed by atoms with E-state index in [1.807, 2.05) is 142 Å². The SMILES string of the molecule is CO[C@@H]1O[C@@H](C)[C@H](O[C@@H]2O[C@H](COCc3ccccc3)[C@H](OCc3ccccc3)[C@H](OCc3ccccc3)[C@H]2OCc2ccccc2)[C@H]2OC(C)(C)O[C@@H]12. The van der Waals surface area contributed by atoms with Gasteiger partial charge in [-0.25, -0.2) is 0 Å². The Morgan fingerprint density at radius 1 is 0.519 bits per heavy atom. The van der Waals surface area contributed by atoms with E-state index in [-0.39, 0.29) is 6.61 Å². The first kappa shape index (κ1) is 38.7. The fourth-order valence-corrected chi connectivity index (χ4v) is 7.30. The maximum atomic E-state index is 7.01. The molecule has 4 aromatic carbocycles. The summed E-state index contributed by atoms with van der Waals surface area (Å²) in [5, 5.41) is 0. The topological polar surface area (TPSA) is 92.3 Å². The average molecular weight is 741 g/mol. The van der Waals surface area contributed by atoms with E-state index < -0.39 is 67.2 Å². The number of methoxy groups -OCH3 is 1. The number of rotatable bonds is 16. The van der Waals surface area contributed by atoms with Crippen LogP contribution in [0.15, 0.2) is 121 Å². The standard InChI is InChI=1S/C44H52O10/c1-30-36(39-41(42(45-4)50-30)54-44(2,3)53-39)52-43-40(49-28-34-23-15-8-16-24-34)38(48-27-33-21-13-7-14-22-33)37(47-26-32-19-11-6-12-20-32)35(51-43)29-46-25-31-17-9-5-10-18-31/h5-24,30,35-43H,25-29H2,1-4H3/t30-,35+,36-,37-,38-,39+,40+,41+,42+,43-/m0/s1. The van der Waals surface area contributed by atoms with Crippen molar-refractivity contribution in [1.82, 2.24) is 0 Å². The van der Waals surface area contributed by atoms with Crippen molar-refractivity contribution in [2.45, 2.75) is 114 Å². The Bertz CT molecular complexity index is 1680. The summed E-state index contributed by atoms with van der Waals surface area (Å²) in [6.45, 7) is 7.27. The Balaban J connectivity index is 1.22. The van der Waals surface area contributed by atoms with Gasteiger partial charge in [0, 0.05) is 7.11 Å². The largest absolute Gasteiger partial charge is 0.374 e. The van der Waals surface area contributed by atoms with Gasteiger partial charge in [0.05, 0.1) is 39.1 Å². The number of hydrogen-bond donors (Lipinski definition) is 0. The second kappa shape index (κ2) is 18.4. The number of ether oxygens (including phenoxy) is 10. The smallest absolute Gasteiger partial charge is 0.187 e. The summed E-state index contributed by atoms with van der Waals surface area (Å²) in [5.74, 6) is -0.872. The van der Waals surface area contributed by atoms with E-state index in [1.54, 1.807) is 7.11 Å². The Kier molecular flexibility index (Phi) is 13.2. The van der Waals surface area contributed by atoms with Crippen LogP contribution in [-0.4, -0.2) is 80.9 Å². The van der Waals surface area contributed by atoms with E-state index >= 15 is 0 Å². The number of benzene rings is 4. The van der Waals surface area contributed by atoms with Crippen molar-refractivity contribution < 1.29 is 47.4 Å². The third-order valence-corrected chi connectivity index (χ3v) is 9.93. The molecule has 3 saturated heterocycles. The molecular formula is C44H52O10. The van der Waals surface area contributed by atoms with E-state index in [2.05, 4.69) is 0 Å². The van der Waals surface area contributed by atoms with Crippen molar-refractivity contribution in [3.63, 3.8) is 0 Å². The maximum absolute atomic E-state index is 7.01. The molecule has 0 radical (unpaired) electrons. The van der Waals surface area contributed by atoms with Crippen LogP contribution < -0.4 is 0 Å². The van der Waals surface area contributed by atoms with Crippen LogP contribution in [0, 0.1) is 0 Å². The molecule has 3 aliphatic heterocycles. The molecular weight excluding hydrogens is 688 g/mol. The third kappa shape index (κ3) is 9.82. The predicted octanol–water partition coefficient (Wildman–Crippen LogP) is 6.98. The van der Waals surface area contributed by atoms with Crippen molar-refractivity contribution in [1.29, 1.82) is 0 Å². The highest BCUT2D eigenvalue weighted by atomic mass is 16.8. The van der Waals surface area contributed by atoms with Gasteiger partial charge in [-0.15, -0.1) is 0 Å². The molecule has 0 aromatic heterocycles. The fourth-order valence-electron chi connectivity index (χ4n) is 7.30. The summed E-state index contributed by atoms with van der Waals surface area (Å²) in [4.78, 5) is 0. The lowest BCUT2D eigenvalue weighted by molar-refractivity contribution is -0.359. The molecule has 10 atom stereocenters. The zero-order valence-corrected chi connectivity index (χ0v) is 31.4.